The van der Waals surface area contributed by atoms with Crippen LogP contribution < -0.4 is 18.1 Å². The molecule has 0 spiro atoms. The average Bonchev–Trinajstić information content (AvgIpc) is 2.05. The number of hydrogen-bond acceptors (Lipinski definition) is 1. The molecule has 0 aromatic carbocycles. The van der Waals surface area contributed by atoms with Gasteiger partial charge in [-0.1, -0.05) is 13.8 Å². The number of nitrogens with two attached hydrogens (primary N) is 1. The van der Waals surface area contributed by atoms with Crippen molar-refractivity contribution in [2.75, 3.05) is 27.2 Å². The minimum absolute atomic E-state index is 0. The van der Waals surface area contributed by atoms with Gasteiger partial charge in [-0.2, -0.15) is 0 Å². The smallest absolute Gasteiger partial charge is 0.0884 e. The molecule has 0 aliphatic heterocycles. The Kier molecular flexibility index (Phi) is 10.1. The van der Waals surface area contributed by atoms with E-state index >= 15 is 0 Å². The first-order chi connectivity index (χ1) is 6.08. The predicted octanol–water partition coefficient (Wildman–Crippen LogP) is -1.01. The van der Waals surface area contributed by atoms with Crippen LogP contribution in [0.2, 0.25) is 0 Å². The molecule has 0 radical (unpaired) electrons. The molecule has 0 heterocycles. The van der Waals surface area contributed by atoms with Crippen LogP contribution in [0.4, 0.5) is 0 Å². The maximum absolute atomic E-state index is 5.54. The molecule has 0 amide bonds. The molecule has 0 aliphatic rings. The minimum Gasteiger partial charge on any atom is -1.00 e. The molecule has 2 nitrogen and oxygen atoms in total. The molecule has 0 bridgehead atoms. The summed E-state index contributed by atoms with van der Waals surface area (Å²) < 4.78 is 1.16. The number of hydrogen-bond donors (Lipinski definition) is 1. The zero-order valence-electron chi connectivity index (χ0n) is 10.2. The van der Waals surface area contributed by atoms with Crippen molar-refractivity contribution in [2.24, 2.45) is 5.73 Å². The van der Waals surface area contributed by atoms with Crippen LogP contribution in [0.15, 0.2) is 0 Å². The number of nitrogens with zero attached hydrogens (tertiary/aromatic N) is 1. The zero-order chi connectivity index (χ0) is 10.3. The first-order valence-electron chi connectivity index (χ1n) is 5.61. The van der Waals surface area contributed by atoms with Crippen LogP contribution in [0.1, 0.15) is 39.5 Å². The van der Waals surface area contributed by atoms with Crippen LogP contribution >= 0.6 is 0 Å². The lowest BCUT2D eigenvalue weighted by Crippen LogP contribution is -3.00. The fourth-order valence-corrected chi connectivity index (χ4v) is 2.16. The summed E-state index contributed by atoms with van der Waals surface area (Å²) in [5, 5.41) is 0. The number of quaternary nitrogens is 1. The van der Waals surface area contributed by atoms with Crippen molar-refractivity contribution in [1.29, 1.82) is 0 Å². The lowest BCUT2D eigenvalue weighted by atomic mass is 10.1. The molecule has 0 saturated carbocycles. The van der Waals surface area contributed by atoms with E-state index in [4.69, 9.17) is 5.73 Å². The summed E-state index contributed by atoms with van der Waals surface area (Å²) in [4.78, 5) is 0. The van der Waals surface area contributed by atoms with Crippen LogP contribution in [-0.4, -0.2) is 37.7 Å². The Morgan fingerprint density at radius 3 is 2.14 bits per heavy atom. The molecule has 14 heavy (non-hydrogen) atoms. The molecule has 1 atom stereocenters. The lowest BCUT2D eigenvalue weighted by Gasteiger charge is -2.37. The van der Waals surface area contributed by atoms with Crippen LogP contribution in [0.3, 0.4) is 0 Å². The van der Waals surface area contributed by atoms with E-state index in [1.807, 2.05) is 0 Å². The molecular weight excluding hydrogens is 196 g/mol. The van der Waals surface area contributed by atoms with E-state index in [0.717, 1.165) is 17.1 Å². The Balaban J connectivity index is 0. The maximum Gasteiger partial charge on any atom is 0.0884 e. The van der Waals surface area contributed by atoms with Crippen molar-refractivity contribution in [3.05, 3.63) is 0 Å². The van der Waals surface area contributed by atoms with Gasteiger partial charge in [-0.05, 0) is 25.8 Å². The van der Waals surface area contributed by atoms with E-state index in [9.17, 15) is 0 Å². The normalized spacial score (nSPS) is 13.5. The highest BCUT2D eigenvalue weighted by Gasteiger charge is 2.24. The fourth-order valence-electron chi connectivity index (χ4n) is 2.16. The van der Waals surface area contributed by atoms with Gasteiger partial charge in [0.25, 0.3) is 0 Å². The third-order valence-electron chi connectivity index (χ3n) is 3.00. The standard InChI is InChI=1S/C11H27N2.ClH/c1-5-10-13(3,4)11(6-2)8-7-9-12;/h11H,5-10,12H2,1-4H3;1H/q+1;/p-1. The number of rotatable bonds is 7. The van der Waals surface area contributed by atoms with Gasteiger partial charge in [-0.25, -0.2) is 0 Å². The van der Waals surface area contributed by atoms with Crippen molar-refractivity contribution in [3.63, 3.8) is 0 Å². The minimum atomic E-state index is 0. The van der Waals surface area contributed by atoms with Gasteiger partial charge in [-0.3, -0.25) is 0 Å². The summed E-state index contributed by atoms with van der Waals surface area (Å²) in [6.45, 7) is 6.66. The maximum atomic E-state index is 5.54. The molecule has 0 fully saturated rings. The van der Waals surface area contributed by atoms with Crippen LogP contribution in [0.25, 0.3) is 0 Å². The molecule has 0 rings (SSSR count). The Labute approximate surface area is 95.9 Å². The molecule has 0 saturated heterocycles. The van der Waals surface area contributed by atoms with Crippen molar-refractivity contribution in [1.82, 2.24) is 0 Å². The Bertz CT molecular complexity index is 126. The first-order valence-corrected chi connectivity index (χ1v) is 5.61. The quantitative estimate of drug-likeness (QED) is 0.550. The second-order valence-corrected chi connectivity index (χ2v) is 4.50. The molecule has 0 aromatic heterocycles. The van der Waals surface area contributed by atoms with Gasteiger partial charge in [-0.15, -0.1) is 0 Å². The third-order valence-corrected chi connectivity index (χ3v) is 3.00. The van der Waals surface area contributed by atoms with Crippen LogP contribution in [0, 0.1) is 0 Å². The van der Waals surface area contributed by atoms with Crippen molar-refractivity contribution < 1.29 is 16.9 Å². The van der Waals surface area contributed by atoms with Crippen molar-refractivity contribution in [2.45, 2.75) is 45.6 Å². The fraction of sp³-hybridized carbons (Fsp3) is 1.00. The highest BCUT2D eigenvalue weighted by Crippen LogP contribution is 2.16. The van der Waals surface area contributed by atoms with Crippen molar-refractivity contribution >= 4 is 0 Å². The van der Waals surface area contributed by atoms with Gasteiger partial charge < -0.3 is 22.6 Å². The van der Waals surface area contributed by atoms with Gasteiger partial charge >= 0.3 is 0 Å². The molecule has 3 heteroatoms. The Morgan fingerprint density at radius 2 is 1.79 bits per heavy atom. The SMILES string of the molecule is CCC[N+](C)(C)C(CC)CCCN.[Cl-]. The van der Waals surface area contributed by atoms with E-state index in [2.05, 4.69) is 27.9 Å². The zero-order valence-corrected chi connectivity index (χ0v) is 11.0. The monoisotopic (exact) mass is 222 g/mol. The van der Waals surface area contributed by atoms with E-state index in [1.54, 1.807) is 0 Å². The summed E-state index contributed by atoms with van der Waals surface area (Å²) in [6.07, 6.45) is 4.99. The summed E-state index contributed by atoms with van der Waals surface area (Å²) in [5.74, 6) is 0. The average molecular weight is 223 g/mol. The molecule has 88 valence electrons. The molecular formula is C11H27ClN2. The topological polar surface area (TPSA) is 26.0 Å². The first kappa shape index (κ1) is 16.6. The lowest BCUT2D eigenvalue weighted by molar-refractivity contribution is -0.915. The third kappa shape index (κ3) is 5.84. The Morgan fingerprint density at radius 1 is 1.21 bits per heavy atom. The van der Waals surface area contributed by atoms with Crippen LogP contribution in [-0.2, 0) is 0 Å². The largest absolute Gasteiger partial charge is 1.00 e. The molecule has 0 aliphatic carbocycles. The predicted molar refractivity (Wildman–Crippen MR) is 59.6 cm³/mol. The Hall–Kier alpha value is 0.210. The summed E-state index contributed by atoms with van der Waals surface area (Å²) in [7, 11) is 4.68. The molecule has 0 aromatic rings. The highest BCUT2D eigenvalue weighted by molar-refractivity contribution is 4.57. The van der Waals surface area contributed by atoms with Gasteiger partial charge in [0.15, 0.2) is 0 Å². The second-order valence-electron chi connectivity index (χ2n) is 4.50. The van der Waals surface area contributed by atoms with Gasteiger partial charge in [0.05, 0.1) is 26.7 Å². The highest BCUT2D eigenvalue weighted by atomic mass is 35.5. The summed E-state index contributed by atoms with van der Waals surface area (Å²) >= 11 is 0. The van der Waals surface area contributed by atoms with E-state index < -0.39 is 0 Å². The second kappa shape index (κ2) is 8.51. The van der Waals surface area contributed by atoms with Gasteiger partial charge in [0.2, 0.25) is 0 Å². The summed E-state index contributed by atoms with van der Waals surface area (Å²) in [5.41, 5.74) is 5.54. The van der Waals surface area contributed by atoms with Gasteiger partial charge in [0, 0.05) is 6.42 Å². The molecule has 1 unspecified atom stereocenters. The van der Waals surface area contributed by atoms with E-state index in [0.29, 0.717) is 0 Å². The molecule has 2 N–H and O–H groups in total. The van der Waals surface area contributed by atoms with Crippen LogP contribution in [0.5, 0.6) is 0 Å². The van der Waals surface area contributed by atoms with E-state index in [1.165, 1.54) is 32.2 Å². The summed E-state index contributed by atoms with van der Waals surface area (Å²) in [6, 6.07) is 0.795. The number of halogens is 1. The van der Waals surface area contributed by atoms with Crippen molar-refractivity contribution in [3.8, 4) is 0 Å². The van der Waals surface area contributed by atoms with Gasteiger partial charge in [0.1, 0.15) is 0 Å². The van der Waals surface area contributed by atoms with E-state index in [-0.39, 0.29) is 12.4 Å².